The van der Waals surface area contributed by atoms with Gasteiger partial charge in [0.25, 0.3) is 0 Å². The number of hydrogen-bond donors (Lipinski definition) is 15. The second-order valence-corrected chi connectivity index (χ2v) is 17.8. The van der Waals surface area contributed by atoms with Crippen molar-refractivity contribution in [1.82, 2.24) is 37.2 Å². The van der Waals surface area contributed by atoms with Crippen LogP contribution in [0.15, 0.2) is 48.5 Å². The molecule has 0 fully saturated rings. The number of nitrogens with two attached hydrogens (primary N) is 3. The van der Waals surface area contributed by atoms with E-state index in [0.717, 1.165) is 0 Å². The zero-order valence-corrected chi connectivity index (χ0v) is 40.2. The number of primary amides is 2. The lowest BCUT2D eigenvalue weighted by Crippen LogP contribution is -2.61. The fourth-order valence-corrected chi connectivity index (χ4v) is 6.95. The summed E-state index contributed by atoms with van der Waals surface area (Å²) in [5.74, 6) is -11.2. The van der Waals surface area contributed by atoms with Crippen molar-refractivity contribution in [2.75, 3.05) is 12.4 Å². The van der Waals surface area contributed by atoms with Gasteiger partial charge in [-0.05, 0) is 66.5 Å². The second-order valence-electron chi connectivity index (χ2n) is 17.4. The highest BCUT2D eigenvalue weighted by atomic mass is 32.1. The van der Waals surface area contributed by atoms with E-state index in [0.29, 0.717) is 11.1 Å². The normalized spacial score (nSPS) is 14.5. The van der Waals surface area contributed by atoms with Crippen LogP contribution in [-0.2, 0) is 60.8 Å². The van der Waals surface area contributed by atoms with Crippen LogP contribution in [0.3, 0.4) is 0 Å². The van der Waals surface area contributed by atoms with Crippen molar-refractivity contribution in [2.45, 2.75) is 121 Å². The minimum absolute atomic E-state index is 0.0769. The highest BCUT2D eigenvalue weighted by Gasteiger charge is 2.35. The fourth-order valence-electron chi connectivity index (χ4n) is 6.71. The Kier molecular flexibility index (Phi) is 24.6. The van der Waals surface area contributed by atoms with Crippen LogP contribution in [0.2, 0.25) is 0 Å². The number of thiol groups is 1. The molecule has 24 nitrogen and oxygen atoms in total. The smallest absolute Gasteiger partial charge is 0.327 e. The molecule has 0 bridgehead atoms. The van der Waals surface area contributed by atoms with Gasteiger partial charge >= 0.3 is 5.97 Å². The number of aliphatic carboxylic acids is 1. The SMILES string of the molecule is CC(C)C[C@H](NC(=O)[C@H](CCC(N)=O)NC(=O)[C@H](Cc1ccc(O)cc1)NC(=O)[C@H](CC(C)C)NC(=O)[C@@H](N)CO)C(=O)N[C@@H](CC(N)=O)C(=O)N[C@@H](Cc1ccc(O)cc1)C(=O)N[C@@H](CS)C(=O)O. The molecular weight excluding hydrogens is 937 g/mol. The van der Waals surface area contributed by atoms with Gasteiger partial charge in [-0.1, -0.05) is 52.0 Å². The van der Waals surface area contributed by atoms with Crippen LogP contribution in [-0.4, -0.2) is 140 Å². The Balaban J connectivity index is 2.49. The first kappa shape index (κ1) is 59.1. The predicted octanol–water partition coefficient (Wildman–Crippen LogP) is -3.16. The van der Waals surface area contributed by atoms with Crippen molar-refractivity contribution in [2.24, 2.45) is 29.0 Å². The maximum absolute atomic E-state index is 14.2. The average Bonchev–Trinajstić information content (AvgIpc) is 3.28. The number of phenolic OH excluding ortho intramolecular Hbond substituents is 2. The van der Waals surface area contributed by atoms with Gasteiger partial charge < -0.3 is 74.8 Å². The second kappa shape index (κ2) is 29.1. The lowest BCUT2D eigenvalue weighted by molar-refractivity contribution is -0.141. The van der Waals surface area contributed by atoms with Gasteiger partial charge in [0.05, 0.1) is 13.0 Å². The minimum Gasteiger partial charge on any atom is -0.508 e. The number of phenols is 2. The number of aliphatic hydroxyl groups is 1. The Bertz CT molecular complexity index is 2140. The van der Waals surface area contributed by atoms with E-state index in [1.807, 2.05) is 0 Å². The topological polar surface area (TPSA) is 414 Å². The zero-order valence-electron chi connectivity index (χ0n) is 39.3. The molecule has 70 heavy (non-hydrogen) atoms. The highest BCUT2D eigenvalue weighted by molar-refractivity contribution is 7.80. The van der Waals surface area contributed by atoms with Gasteiger partial charge in [0.2, 0.25) is 53.2 Å². The summed E-state index contributed by atoms with van der Waals surface area (Å²) in [5.41, 5.74) is 17.4. The molecule has 0 aliphatic heterocycles. The van der Waals surface area contributed by atoms with E-state index in [1.54, 1.807) is 27.7 Å². The van der Waals surface area contributed by atoms with Crippen molar-refractivity contribution >= 4 is 71.8 Å². The van der Waals surface area contributed by atoms with Crippen molar-refractivity contribution < 1.29 is 68.4 Å². The summed E-state index contributed by atoms with van der Waals surface area (Å²) in [5, 5.41) is 55.6. The summed E-state index contributed by atoms with van der Waals surface area (Å²) in [6.45, 7) is 6.20. The molecule has 0 saturated heterocycles. The first-order chi connectivity index (χ1) is 32.8. The third-order valence-electron chi connectivity index (χ3n) is 10.4. The zero-order chi connectivity index (χ0) is 52.8. The van der Waals surface area contributed by atoms with Gasteiger partial charge in [-0.25, -0.2) is 4.79 Å². The molecule has 25 heteroatoms. The quantitative estimate of drug-likeness (QED) is 0.0344. The summed E-state index contributed by atoms with van der Waals surface area (Å²) in [6.07, 6.45) is -2.20. The van der Waals surface area contributed by atoms with E-state index in [1.165, 1.54) is 48.5 Å². The molecule has 2 rings (SSSR count). The summed E-state index contributed by atoms with van der Waals surface area (Å²) in [6, 6.07) is -0.852. The maximum Gasteiger partial charge on any atom is 0.327 e. The first-order valence-electron chi connectivity index (χ1n) is 22.3. The molecule has 0 aliphatic carbocycles. The Hall–Kier alpha value is -6.99. The number of amides is 9. The fraction of sp³-hybridized carbons (Fsp3) is 0.511. The number of carbonyl (C=O) groups excluding carboxylic acids is 9. The van der Waals surface area contributed by atoms with Crippen molar-refractivity contribution in [1.29, 1.82) is 0 Å². The molecule has 2 aromatic carbocycles. The summed E-state index contributed by atoms with van der Waals surface area (Å²) >= 11 is 3.95. The summed E-state index contributed by atoms with van der Waals surface area (Å²) in [7, 11) is 0. The molecule has 0 unspecified atom stereocenters. The van der Waals surface area contributed by atoms with E-state index < -0.39 is 133 Å². The molecule has 9 amide bonds. The van der Waals surface area contributed by atoms with Crippen LogP contribution in [0.5, 0.6) is 11.5 Å². The Morgan fingerprint density at radius 1 is 0.514 bits per heavy atom. The van der Waals surface area contributed by atoms with Crippen molar-refractivity contribution in [3.05, 3.63) is 59.7 Å². The van der Waals surface area contributed by atoms with Gasteiger partial charge in [-0.15, -0.1) is 0 Å². The number of rotatable bonds is 30. The van der Waals surface area contributed by atoms with Crippen molar-refractivity contribution in [3.63, 3.8) is 0 Å². The van der Waals surface area contributed by atoms with Gasteiger partial charge in [-0.2, -0.15) is 12.6 Å². The lowest BCUT2D eigenvalue weighted by Gasteiger charge is -2.28. The number of benzene rings is 2. The van der Waals surface area contributed by atoms with E-state index >= 15 is 0 Å². The molecule has 17 N–H and O–H groups in total. The molecule has 0 spiro atoms. The van der Waals surface area contributed by atoms with Crippen LogP contribution in [0.4, 0.5) is 0 Å². The number of carboxylic acid groups (broad SMARTS) is 1. The third-order valence-corrected chi connectivity index (χ3v) is 10.7. The molecule has 0 aliphatic rings. The molecule has 2 aromatic rings. The lowest BCUT2D eigenvalue weighted by atomic mass is 9.99. The number of carbonyl (C=O) groups is 10. The predicted molar refractivity (Wildman–Crippen MR) is 255 cm³/mol. The van der Waals surface area contributed by atoms with E-state index in [9.17, 15) is 68.4 Å². The van der Waals surface area contributed by atoms with E-state index in [-0.39, 0.29) is 54.8 Å². The standard InChI is InChI=1S/C45H66N10O14S/c1-22(2)15-30(50-38(61)28(46)20-56)40(63)52-32(17-24-5-9-26(57)10-6-24)42(65)49-29(13-14-36(47)59)39(62)51-31(16-23(3)4)41(64)54-34(19-37(48)60)44(67)53-33(18-25-7-11-27(58)12-8-25)43(66)55-35(21-70)45(68)69/h5-12,22-23,28-35,56-58,70H,13-21,46H2,1-4H3,(H2,47,59)(H2,48,60)(H,49,65)(H,50,61)(H,51,62)(H,52,63)(H,53,67)(H,54,64)(H,55,66)(H,68,69)/t28-,29-,30-,31-,32-,33-,34-,35-/m0/s1. The Morgan fingerprint density at radius 2 is 0.857 bits per heavy atom. The van der Waals surface area contributed by atoms with Gasteiger partial charge in [0.15, 0.2) is 0 Å². The van der Waals surface area contributed by atoms with Gasteiger partial charge in [0, 0.05) is 25.0 Å². The molecular formula is C45H66N10O14S. The van der Waals surface area contributed by atoms with E-state index in [4.69, 9.17) is 17.2 Å². The monoisotopic (exact) mass is 1000 g/mol. The Labute approximate surface area is 409 Å². The van der Waals surface area contributed by atoms with Crippen LogP contribution in [0.25, 0.3) is 0 Å². The van der Waals surface area contributed by atoms with Crippen molar-refractivity contribution in [3.8, 4) is 11.5 Å². The number of nitrogens with one attached hydrogen (secondary N) is 7. The average molecular weight is 1000 g/mol. The number of carboxylic acids is 1. The highest BCUT2D eigenvalue weighted by Crippen LogP contribution is 2.15. The third kappa shape index (κ3) is 21.1. The van der Waals surface area contributed by atoms with Crippen LogP contribution in [0, 0.1) is 11.8 Å². The van der Waals surface area contributed by atoms with Crippen LogP contribution < -0.4 is 54.4 Å². The van der Waals surface area contributed by atoms with Crippen LogP contribution >= 0.6 is 12.6 Å². The summed E-state index contributed by atoms with van der Waals surface area (Å²) in [4.78, 5) is 132. The first-order valence-corrected chi connectivity index (χ1v) is 22.9. The minimum atomic E-state index is -1.77. The largest absolute Gasteiger partial charge is 0.508 e. The number of aliphatic hydroxyl groups excluding tert-OH is 1. The van der Waals surface area contributed by atoms with Gasteiger partial charge in [-0.3, -0.25) is 43.2 Å². The number of hydrogen-bond acceptors (Lipinski definition) is 15. The molecule has 386 valence electrons. The summed E-state index contributed by atoms with van der Waals surface area (Å²) < 4.78 is 0. The van der Waals surface area contributed by atoms with Gasteiger partial charge in [0.1, 0.15) is 59.8 Å². The van der Waals surface area contributed by atoms with Crippen LogP contribution in [0.1, 0.15) is 70.9 Å². The molecule has 8 atom stereocenters. The number of aromatic hydroxyl groups is 2. The molecule has 0 aromatic heterocycles. The van der Waals surface area contributed by atoms with E-state index in [2.05, 4.69) is 49.8 Å². The Morgan fingerprint density at radius 3 is 1.23 bits per heavy atom. The molecule has 0 saturated carbocycles. The molecule has 0 radical (unpaired) electrons. The molecule has 0 heterocycles. The maximum atomic E-state index is 14.2.